The Morgan fingerprint density at radius 3 is 2.37 bits per heavy atom. The molecule has 4 aromatic rings. The van der Waals surface area contributed by atoms with Gasteiger partial charge in [-0.3, -0.25) is 14.5 Å². The zero-order valence-electron chi connectivity index (χ0n) is 20.8. The first-order valence-electron chi connectivity index (χ1n) is 13.2. The molecule has 0 bridgehead atoms. The highest BCUT2D eigenvalue weighted by Gasteiger charge is 2.78. The van der Waals surface area contributed by atoms with Crippen molar-refractivity contribution in [3.8, 4) is 5.75 Å². The molecule has 1 fully saturated rings. The molecule has 0 saturated carbocycles. The third-order valence-corrected chi connectivity index (χ3v) is 9.33. The summed E-state index contributed by atoms with van der Waals surface area (Å²) < 4.78 is 6.49. The maximum absolute atomic E-state index is 15.1. The lowest BCUT2D eigenvalue weighted by molar-refractivity contribution is -0.134. The Morgan fingerprint density at radius 1 is 0.789 bits per heavy atom. The van der Waals surface area contributed by atoms with Crippen molar-refractivity contribution in [1.29, 1.82) is 0 Å². The van der Waals surface area contributed by atoms with Gasteiger partial charge in [0.2, 0.25) is 0 Å². The van der Waals surface area contributed by atoms with Crippen LogP contribution in [0.5, 0.6) is 5.75 Å². The molecule has 4 atom stereocenters. The van der Waals surface area contributed by atoms with Crippen molar-refractivity contribution in [1.82, 2.24) is 4.90 Å². The van der Waals surface area contributed by atoms with E-state index >= 15 is 4.79 Å². The lowest BCUT2D eigenvalue weighted by atomic mass is 9.56. The Balaban J connectivity index is 1.49. The molecule has 186 valence electrons. The largest absolute Gasteiger partial charge is 0.492 e. The standard InChI is InChI=1S/C33H26N2O3/c36-30-24-14-6-9-17-28(24)38-20-32(30)29(21-10-2-1-3-11-21)27-18-22-12-4-5-13-23(22)19-35(27)33(32)25-15-7-8-16-26(25)34-31(33)37/h1-17,27,29H,18-20H2,(H,34,37)/t27-,29-,32-,33-/m0/s1. The van der Waals surface area contributed by atoms with Gasteiger partial charge in [-0.05, 0) is 41.3 Å². The molecule has 0 radical (unpaired) electrons. The van der Waals surface area contributed by atoms with Gasteiger partial charge in [0.05, 0.1) is 5.56 Å². The van der Waals surface area contributed by atoms with Crippen LogP contribution >= 0.6 is 0 Å². The molecular formula is C33H26N2O3. The van der Waals surface area contributed by atoms with Crippen LogP contribution in [0.1, 0.15) is 38.5 Å². The summed E-state index contributed by atoms with van der Waals surface area (Å²) in [5, 5.41) is 3.19. The summed E-state index contributed by atoms with van der Waals surface area (Å²) in [6, 6.07) is 34.0. The molecule has 1 N–H and O–H groups in total. The Bertz CT molecular complexity index is 1630. The molecule has 0 unspecified atom stereocenters. The minimum Gasteiger partial charge on any atom is -0.492 e. The Hall–Kier alpha value is -4.22. The van der Waals surface area contributed by atoms with Gasteiger partial charge in [-0.2, -0.15) is 0 Å². The van der Waals surface area contributed by atoms with Crippen LogP contribution in [0.2, 0.25) is 0 Å². The van der Waals surface area contributed by atoms with E-state index in [4.69, 9.17) is 4.74 Å². The molecule has 4 aromatic carbocycles. The summed E-state index contributed by atoms with van der Waals surface area (Å²) in [6.45, 7) is 0.718. The van der Waals surface area contributed by atoms with Gasteiger partial charge >= 0.3 is 0 Å². The molecule has 4 aliphatic rings. The predicted molar refractivity (Wildman–Crippen MR) is 144 cm³/mol. The zero-order chi connectivity index (χ0) is 25.5. The zero-order valence-corrected chi connectivity index (χ0v) is 20.8. The molecule has 5 heteroatoms. The van der Waals surface area contributed by atoms with Crippen LogP contribution < -0.4 is 10.1 Å². The van der Waals surface area contributed by atoms with Crippen molar-refractivity contribution in [2.45, 2.75) is 30.5 Å². The van der Waals surface area contributed by atoms with Gasteiger partial charge in [0.15, 0.2) is 5.78 Å². The van der Waals surface area contributed by atoms with E-state index in [0.29, 0.717) is 17.9 Å². The Labute approximate surface area is 221 Å². The van der Waals surface area contributed by atoms with E-state index in [0.717, 1.165) is 23.2 Å². The van der Waals surface area contributed by atoms with Crippen molar-refractivity contribution in [3.05, 3.63) is 131 Å². The molecule has 4 heterocycles. The number of anilines is 1. The van der Waals surface area contributed by atoms with E-state index in [1.54, 1.807) is 0 Å². The molecule has 4 aliphatic heterocycles. The van der Waals surface area contributed by atoms with Crippen molar-refractivity contribution >= 4 is 17.4 Å². The lowest BCUT2D eigenvalue weighted by Gasteiger charge is -2.48. The summed E-state index contributed by atoms with van der Waals surface area (Å²) in [6.07, 6.45) is 0.754. The first kappa shape index (κ1) is 21.8. The number of hydrogen-bond donors (Lipinski definition) is 1. The van der Waals surface area contributed by atoms with Gasteiger partial charge in [0.1, 0.15) is 23.3 Å². The number of ether oxygens (including phenoxy) is 1. The topological polar surface area (TPSA) is 58.6 Å². The number of carbonyl (C=O) groups is 2. The smallest absolute Gasteiger partial charge is 0.250 e. The van der Waals surface area contributed by atoms with E-state index < -0.39 is 11.0 Å². The number of Topliss-reactive ketones (excluding diaryl/α,β-unsaturated/α-hetero) is 1. The van der Waals surface area contributed by atoms with Crippen molar-refractivity contribution in [2.75, 3.05) is 11.9 Å². The number of hydrogen-bond acceptors (Lipinski definition) is 4. The van der Waals surface area contributed by atoms with Crippen LogP contribution in [0.4, 0.5) is 5.69 Å². The quantitative estimate of drug-likeness (QED) is 0.386. The van der Waals surface area contributed by atoms with Gasteiger partial charge in [-0.15, -0.1) is 0 Å². The molecule has 38 heavy (non-hydrogen) atoms. The molecule has 0 aromatic heterocycles. The number of amides is 1. The highest BCUT2D eigenvalue weighted by atomic mass is 16.5. The van der Waals surface area contributed by atoms with Gasteiger partial charge in [-0.1, -0.05) is 84.9 Å². The molecule has 5 nitrogen and oxygen atoms in total. The minimum absolute atomic E-state index is 0.0153. The summed E-state index contributed by atoms with van der Waals surface area (Å²) in [7, 11) is 0. The van der Waals surface area contributed by atoms with E-state index in [-0.39, 0.29) is 30.3 Å². The van der Waals surface area contributed by atoms with Crippen LogP contribution in [0.25, 0.3) is 0 Å². The van der Waals surface area contributed by atoms with Crippen molar-refractivity contribution < 1.29 is 14.3 Å². The highest BCUT2D eigenvalue weighted by Crippen LogP contribution is 2.68. The van der Waals surface area contributed by atoms with Crippen molar-refractivity contribution in [2.24, 2.45) is 5.41 Å². The van der Waals surface area contributed by atoms with Crippen LogP contribution in [-0.4, -0.2) is 29.2 Å². The maximum atomic E-state index is 15.1. The predicted octanol–water partition coefficient (Wildman–Crippen LogP) is 5.32. The SMILES string of the molecule is O=C1Nc2ccccc2[C@]12N1Cc3ccccc3C[C@H]1[C@H](c1ccccc1)[C@]21COc2ccccc2C1=O. The third kappa shape index (κ3) is 2.50. The summed E-state index contributed by atoms with van der Waals surface area (Å²) in [4.78, 5) is 32.0. The van der Waals surface area contributed by atoms with Gasteiger partial charge < -0.3 is 10.1 Å². The molecular weight excluding hydrogens is 472 g/mol. The number of carbonyl (C=O) groups excluding carboxylic acids is 2. The number of fused-ring (bicyclic) bond motifs is 7. The minimum atomic E-state index is -1.22. The highest BCUT2D eigenvalue weighted by molar-refractivity contribution is 6.15. The van der Waals surface area contributed by atoms with Gasteiger partial charge in [-0.25, -0.2) is 0 Å². The monoisotopic (exact) mass is 498 g/mol. The number of benzene rings is 4. The molecule has 0 aliphatic carbocycles. The Morgan fingerprint density at radius 2 is 1.50 bits per heavy atom. The van der Waals surface area contributed by atoms with Crippen molar-refractivity contribution in [3.63, 3.8) is 0 Å². The second kappa shape index (κ2) is 7.65. The van der Waals surface area contributed by atoms with Gasteiger partial charge in [0.25, 0.3) is 5.91 Å². The van der Waals surface area contributed by atoms with E-state index in [1.165, 1.54) is 11.1 Å². The normalized spacial score (nSPS) is 28.8. The van der Waals surface area contributed by atoms with Crippen LogP contribution in [0, 0.1) is 5.41 Å². The van der Waals surface area contributed by atoms with E-state index in [2.05, 4.69) is 46.6 Å². The molecule has 1 amide bonds. The summed E-state index contributed by atoms with van der Waals surface area (Å²) >= 11 is 0. The fraction of sp³-hybridized carbons (Fsp3) is 0.212. The van der Waals surface area contributed by atoms with E-state index in [9.17, 15) is 4.79 Å². The number of nitrogens with one attached hydrogen (secondary N) is 1. The molecule has 2 spiro atoms. The first-order chi connectivity index (χ1) is 18.7. The van der Waals surface area contributed by atoms with E-state index in [1.807, 2.05) is 66.7 Å². The van der Waals surface area contributed by atoms with Crippen LogP contribution in [0.15, 0.2) is 103 Å². The summed E-state index contributed by atoms with van der Waals surface area (Å²) in [5.41, 5.74) is 3.35. The number of ketones is 1. The maximum Gasteiger partial charge on any atom is 0.250 e. The number of nitrogens with zero attached hydrogens (tertiary/aromatic N) is 1. The van der Waals surface area contributed by atoms with Crippen LogP contribution in [-0.2, 0) is 23.3 Å². The fourth-order valence-corrected chi connectivity index (χ4v) is 7.94. The third-order valence-electron chi connectivity index (χ3n) is 9.33. The fourth-order valence-electron chi connectivity index (χ4n) is 7.94. The van der Waals surface area contributed by atoms with Gasteiger partial charge in [0, 0.05) is 29.8 Å². The number of para-hydroxylation sites is 2. The average molecular weight is 499 g/mol. The first-order valence-corrected chi connectivity index (χ1v) is 13.2. The lowest BCUT2D eigenvalue weighted by Crippen LogP contribution is -2.63. The second-order valence-electron chi connectivity index (χ2n) is 10.9. The molecule has 8 rings (SSSR count). The summed E-state index contributed by atoms with van der Waals surface area (Å²) in [5.74, 6) is 0.177. The van der Waals surface area contributed by atoms with Crippen LogP contribution in [0.3, 0.4) is 0 Å². The average Bonchev–Trinajstić information content (AvgIpc) is 3.40. The molecule has 1 saturated heterocycles. The second-order valence-corrected chi connectivity index (χ2v) is 10.9. The number of rotatable bonds is 1. The Kier molecular flexibility index (Phi) is 4.39.